The van der Waals surface area contributed by atoms with Crippen LogP contribution in [0.1, 0.15) is 6.42 Å². The van der Waals surface area contributed by atoms with Gasteiger partial charge in [-0.2, -0.15) is 0 Å². The van der Waals surface area contributed by atoms with Gasteiger partial charge >= 0.3 is 5.69 Å². The molecule has 134 valence electrons. The first-order valence-electron chi connectivity index (χ1n) is 8.80. The van der Waals surface area contributed by atoms with Crippen LogP contribution in [-0.2, 0) is 23.1 Å². The molecule has 7 nitrogen and oxygen atoms in total. The molecule has 1 aromatic heterocycles. The molecule has 1 aromatic carbocycles. The highest BCUT2D eigenvalue weighted by atomic mass is 16.5. The molecule has 0 saturated carbocycles. The van der Waals surface area contributed by atoms with E-state index in [0.717, 1.165) is 43.7 Å². The number of carbonyl (C=O) groups excluding carboxylic acids is 1. The summed E-state index contributed by atoms with van der Waals surface area (Å²) in [6.45, 7) is 3.65. The molecule has 1 amide bonds. The Morgan fingerprint density at radius 2 is 2.04 bits per heavy atom. The monoisotopic (exact) mass is 344 g/mol. The Morgan fingerprint density at radius 3 is 2.84 bits per heavy atom. The summed E-state index contributed by atoms with van der Waals surface area (Å²) in [6, 6.07) is 7.64. The van der Waals surface area contributed by atoms with Crippen LogP contribution in [0.15, 0.2) is 29.1 Å². The maximum Gasteiger partial charge on any atom is 0.329 e. The van der Waals surface area contributed by atoms with Crippen LogP contribution in [-0.4, -0.2) is 70.3 Å². The highest BCUT2D eigenvalue weighted by Crippen LogP contribution is 2.22. The molecule has 0 radical (unpaired) electrons. The van der Waals surface area contributed by atoms with E-state index in [1.807, 2.05) is 31.3 Å². The molecule has 2 aliphatic rings. The third kappa shape index (κ3) is 2.77. The number of morpholine rings is 1. The van der Waals surface area contributed by atoms with Gasteiger partial charge in [0.25, 0.3) is 0 Å². The van der Waals surface area contributed by atoms with Crippen LogP contribution in [0.3, 0.4) is 0 Å². The molecule has 2 aromatic rings. The minimum atomic E-state index is -0.160. The summed E-state index contributed by atoms with van der Waals surface area (Å²) in [6.07, 6.45) is 0.984. The van der Waals surface area contributed by atoms with Crippen molar-refractivity contribution in [2.75, 3.05) is 33.3 Å². The van der Waals surface area contributed by atoms with E-state index >= 15 is 0 Å². The minimum Gasteiger partial charge on any atom is -0.373 e. The number of fused-ring (bicyclic) bond motifs is 3. The number of piperidine rings is 1. The highest BCUT2D eigenvalue weighted by Gasteiger charge is 2.36. The Balaban J connectivity index is 1.56. The third-order valence-corrected chi connectivity index (χ3v) is 5.58. The lowest BCUT2D eigenvalue weighted by Crippen LogP contribution is -2.59. The van der Waals surface area contributed by atoms with Crippen molar-refractivity contribution < 1.29 is 9.53 Å². The fourth-order valence-electron chi connectivity index (χ4n) is 4.06. The van der Waals surface area contributed by atoms with E-state index in [2.05, 4.69) is 4.90 Å². The zero-order chi connectivity index (χ0) is 17.6. The Labute approximate surface area is 146 Å². The molecule has 2 fully saturated rings. The van der Waals surface area contributed by atoms with E-state index in [-0.39, 0.29) is 30.3 Å². The number of amides is 1. The van der Waals surface area contributed by atoms with Gasteiger partial charge in [0, 0.05) is 33.7 Å². The number of hydrogen-bond donors (Lipinski definition) is 0. The standard InChI is InChI=1S/C18H24N4O3/c1-19(15-7-8-21-9-10-25-16(15)11-21)17(23)12-22-14-6-4-3-5-13(14)20(2)18(22)24/h3-6,15-16H,7-12H2,1-2H3. The Hall–Kier alpha value is -2.12. The van der Waals surface area contributed by atoms with E-state index in [1.165, 1.54) is 0 Å². The van der Waals surface area contributed by atoms with Crippen LogP contribution in [0.4, 0.5) is 0 Å². The van der Waals surface area contributed by atoms with Gasteiger partial charge in [-0.3, -0.25) is 18.8 Å². The van der Waals surface area contributed by atoms with Gasteiger partial charge in [0.2, 0.25) is 5.91 Å². The van der Waals surface area contributed by atoms with Gasteiger partial charge in [-0.1, -0.05) is 12.1 Å². The van der Waals surface area contributed by atoms with Crippen molar-refractivity contribution in [3.63, 3.8) is 0 Å². The lowest BCUT2D eigenvalue weighted by molar-refractivity contribution is -0.143. The normalized spacial score (nSPS) is 25.9. The number of aromatic nitrogens is 2. The number of ether oxygens (including phenoxy) is 1. The Bertz CT molecular complexity index is 856. The van der Waals surface area contributed by atoms with Crippen LogP contribution >= 0.6 is 0 Å². The molecular formula is C18H24N4O3. The number of likely N-dealkylation sites (N-methyl/N-ethyl adjacent to an activating group) is 1. The topological polar surface area (TPSA) is 59.7 Å². The van der Waals surface area contributed by atoms with Crippen LogP contribution < -0.4 is 5.69 Å². The maximum absolute atomic E-state index is 12.9. The molecular weight excluding hydrogens is 320 g/mol. The quantitative estimate of drug-likeness (QED) is 0.802. The second-order valence-corrected chi connectivity index (χ2v) is 6.99. The number of nitrogens with zero attached hydrogens (tertiary/aromatic N) is 4. The first kappa shape index (κ1) is 16.4. The summed E-state index contributed by atoms with van der Waals surface area (Å²) in [4.78, 5) is 29.6. The van der Waals surface area contributed by atoms with E-state index in [4.69, 9.17) is 4.74 Å². The fraction of sp³-hybridized carbons (Fsp3) is 0.556. The molecule has 7 heteroatoms. The third-order valence-electron chi connectivity index (χ3n) is 5.58. The second kappa shape index (κ2) is 6.31. The van der Waals surface area contributed by atoms with E-state index in [0.29, 0.717) is 0 Å². The molecule has 3 atom stereocenters. The van der Waals surface area contributed by atoms with Crippen LogP contribution in [0.5, 0.6) is 0 Å². The number of benzene rings is 1. The molecule has 2 aliphatic heterocycles. The van der Waals surface area contributed by atoms with Gasteiger partial charge in [0.15, 0.2) is 0 Å². The van der Waals surface area contributed by atoms with Gasteiger partial charge < -0.3 is 9.64 Å². The maximum atomic E-state index is 12.9. The average Bonchev–Trinajstić information content (AvgIpc) is 2.87. The fourth-order valence-corrected chi connectivity index (χ4v) is 4.06. The SMILES string of the molecule is CN(C(=O)Cn1c(=O)n(C)c2ccccc21)C1CCN2CCOC1C2. The number of rotatable bonds is 3. The number of carbonyl (C=O) groups is 1. The van der Waals surface area contributed by atoms with E-state index in [1.54, 1.807) is 21.1 Å². The largest absolute Gasteiger partial charge is 0.373 e. The summed E-state index contributed by atoms with van der Waals surface area (Å²) in [7, 11) is 3.57. The molecule has 3 heterocycles. The molecule has 0 aliphatic carbocycles. The summed E-state index contributed by atoms with van der Waals surface area (Å²) in [5.74, 6) is -0.0499. The van der Waals surface area contributed by atoms with Gasteiger partial charge in [0.1, 0.15) is 6.54 Å². The minimum absolute atomic E-state index is 0.0499. The second-order valence-electron chi connectivity index (χ2n) is 6.99. The predicted octanol–water partition coefficient (Wildman–Crippen LogP) is 0.272. The average molecular weight is 344 g/mol. The van der Waals surface area contributed by atoms with Gasteiger partial charge in [-0.25, -0.2) is 4.79 Å². The van der Waals surface area contributed by atoms with E-state index in [9.17, 15) is 9.59 Å². The molecule has 0 N–H and O–H groups in total. The Morgan fingerprint density at radius 1 is 1.28 bits per heavy atom. The van der Waals surface area contributed by atoms with Crippen LogP contribution in [0.25, 0.3) is 11.0 Å². The molecule has 0 spiro atoms. The van der Waals surface area contributed by atoms with Crippen LogP contribution in [0.2, 0.25) is 0 Å². The summed E-state index contributed by atoms with van der Waals surface area (Å²) in [5.41, 5.74) is 1.47. The summed E-state index contributed by atoms with van der Waals surface area (Å²) >= 11 is 0. The first-order valence-corrected chi connectivity index (χ1v) is 8.80. The molecule has 3 unspecified atom stereocenters. The zero-order valence-electron chi connectivity index (χ0n) is 14.7. The van der Waals surface area contributed by atoms with E-state index < -0.39 is 0 Å². The lowest BCUT2D eigenvalue weighted by Gasteiger charge is -2.45. The zero-order valence-corrected chi connectivity index (χ0v) is 14.7. The molecule has 25 heavy (non-hydrogen) atoms. The summed E-state index contributed by atoms with van der Waals surface area (Å²) < 4.78 is 9.02. The number of aryl methyl sites for hydroxylation is 1. The number of imidazole rings is 1. The van der Waals surface area contributed by atoms with Gasteiger partial charge in [-0.15, -0.1) is 0 Å². The number of para-hydroxylation sites is 2. The lowest BCUT2D eigenvalue weighted by atomic mass is 9.99. The molecule has 4 rings (SSSR count). The molecule has 2 saturated heterocycles. The smallest absolute Gasteiger partial charge is 0.329 e. The van der Waals surface area contributed by atoms with Gasteiger partial charge in [-0.05, 0) is 18.6 Å². The van der Waals surface area contributed by atoms with Crippen molar-refractivity contribution in [3.8, 4) is 0 Å². The summed E-state index contributed by atoms with van der Waals surface area (Å²) in [5, 5.41) is 0. The van der Waals surface area contributed by atoms with Crippen LogP contribution in [0, 0.1) is 0 Å². The van der Waals surface area contributed by atoms with Crippen molar-refractivity contribution in [2.45, 2.75) is 25.1 Å². The van der Waals surface area contributed by atoms with Crippen molar-refractivity contribution >= 4 is 16.9 Å². The van der Waals surface area contributed by atoms with Crippen molar-refractivity contribution in [1.29, 1.82) is 0 Å². The van der Waals surface area contributed by atoms with Crippen molar-refractivity contribution in [2.24, 2.45) is 7.05 Å². The van der Waals surface area contributed by atoms with Crippen molar-refractivity contribution in [1.82, 2.24) is 18.9 Å². The first-order chi connectivity index (χ1) is 12.1. The highest BCUT2D eigenvalue weighted by molar-refractivity contribution is 5.81. The Kier molecular flexibility index (Phi) is 4.13. The van der Waals surface area contributed by atoms with Crippen molar-refractivity contribution in [3.05, 3.63) is 34.7 Å². The number of hydrogen-bond acceptors (Lipinski definition) is 4. The molecule has 2 bridgehead atoms. The van der Waals surface area contributed by atoms with Gasteiger partial charge in [0.05, 0.1) is 29.8 Å². The predicted molar refractivity (Wildman–Crippen MR) is 94.5 cm³/mol.